The number of rotatable bonds is 6. The molecule has 1 aromatic rings. The molecule has 0 amide bonds. The maximum Gasteiger partial charge on any atom is 0.0813 e. The lowest BCUT2D eigenvalue weighted by Gasteiger charge is -2.24. The number of anilines is 2. The van der Waals surface area contributed by atoms with Gasteiger partial charge in [0.1, 0.15) is 0 Å². The Morgan fingerprint density at radius 2 is 2.17 bits per heavy atom. The molecule has 4 nitrogen and oxygen atoms in total. The number of methoxy groups -OCH3 is 1. The minimum absolute atomic E-state index is 0.428. The second-order valence-corrected chi connectivity index (χ2v) is 5.19. The monoisotopic (exact) mass is 272 g/mol. The zero-order valence-electron chi connectivity index (χ0n) is 11.1. The average molecular weight is 273 g/mol. The maximum absolute atomic E-state index is 10.1. The Balaban J connectivity index is 2.66. The van der Waals surface area contributed by atoms with E-state index in [1.807, 2.05) is 13.0 Å². The number of ether oxygens (including phenoxy) is 1. The van der Waals surface area contributed by atoms with Crippen LogP contribution in [0.15, 0.2) is 12.1 Å². The van der Waals surface area contributed by atoms with Crippen molar-refractivity contribution in [3.8, 4) is 0 Å². The third-order valence-corrected chi connectivity index (χ3v) is 3.18. The summed E-state index contributed by atoms with van der Waals surface area (Å²) < 4.78 is 4.96. The van der Waals surface area contributed by atoms with Gasteiger partial charge >= 0.3 is 0 Å². The fourth-order valence-electron chi connectivity index (χ4n) is 1.59. The topological polar surface area (TPSA) is 67.5 Å². The largest absolute Gasteiger partial charge is 0.398 e. The predicted molar refractivity (Wildman–Crippen MR) is 76.2 cm³/mol. The molecule has 5 heteroatoms. The van der Waals surface area contributed by atoms with Gasteiger partial charge in [-0.25, -0.2) is 0 Å². The maximum atomic E-state index is 10.1. The summed E-state index contributed by atoms with van der Waals surface area (Å²) in [5.41, 5.74) is 7.33. The molecule has 18 heavy (non-hydrogen) atoms. The Morgan fingerprint density at radius 3 is 2.78 bits per heavy atom. The third kappa shape index (κ3) is 4.37. The summed E-state index contributed by atoms with van der Waals surface area (Å²) in [6, 6.07) is 3.59. The van der Waals surface area contributed by atoms with Crippen molar-refractivity contribution in [2.75, 3.05) is 31.3 Å². The molecular formula is C13H21ClN2O2. The van der Waals surface area contributed by atoms with Crippen molar-refractivity contribution in [1.82, 2.24) is 0 Å². The van der Waals surface area contributed by atoms with E-state index in [2.05, 4.69) is 5.32 Å². The lowest BCUT2D eigenvalue weighted by Crippen LogP contribution is -2.34. The van der Waals surface area contributed by atoms with Gasteiger partial charge in [0.25, 0.3) is 0 Å². The number of nitrogens with one attached hydrogen (secondary N) is 1. The highest BCUT2D eigenvalue weighted by atomic mass is 35.5. The van der Waals surface area contributed by atoms with Crippen LogP contribution >= 0.6 is 11.6 Å². The Labute approximate surface area is 113 Å². The Bertz CT molecular complexity index is 408. The van der Waals surface area contributed by atoms with Crippen molar-refractivity contribution in [1.29, 1.82) is 0 Å². The van der Waals surface area contributed by atoms with Crippen molar-refractivity contribution in [3.63, 3.8) is 0 Å². The Kier molecular flexibility index (Phi) is 5.26. The highest BCUT2D eigenvalue weighted by molar-refractivity contribution is 6.33. The first-order valence-electron chi connectivity index (χ1n) is 5.86. The summed E-state index contributed by atoms with van der Waals surface area (Å²) >= 11 is 5.97. The van der Waals surface area contributed by atoms with Crippen molar-refractivity contribution < 1.29 is 9.84 Å². The van der Waals surface area contributed by atoms with Crippen molar-refractivity contribution >= 4 is 23.0 Å². The highest BCUT2D eigenvalue weighted by Crippen LogP contribution is 2.27. The third-order valence-electron chi connectivity index (χ3n) is 2.85. The van der Waals surface area contributed by atoms with E-state index in [0.717, 1.165) is 11.3 Å². The lowest BCUT2D eigenvalue weighted by molar-refractivity contribution is 0.0357. The van der Waals surface area contributed by atoms with Gasteiger partial charge < -0.3 is 20.9 Å². The first kappa shape index (κ1) is 15.1. The van der Waals surface area contributed by atoms with E-state index in [9.17, 15) is 5.11 Å². The van der Waals surface area contributed by atoms with Gasteiger partial charge in [-0.15, -0.1) is 0 Å². The molecule has 0 saturated heterocycles. The minimum Gasteiger partial charge on any atom is -0.398 e. The van der Waals surface area contributed by atoms with Crippen LogP contribution in [0.2, 0.25) is 5.02 Å². The van der Waals surface area contributed by atoms with E-state index in [0.29, 0.717) is 30.3 Å². The van der Waals surface area contributed by atoms with Crippen LogP contribution in [0.3, 0.4) is 0 Å². The van der Waals surface area contributed by atoms with Gasteiger partial charge in [-0.2, -0.15) is 0 Å². The molecule has 0 heterocycles. The number of aliphatic hydroxyl groups is 1. The van der Waals surface area contributed by atoms with Crippen LogP contribution in [0.4, 0.5) is 11.4 Å². The molecule has 0 aliphatic rings. The van der Waals surface area contributed by atoms with Gasteiger partial charge in [0.15, 0.2) is 0 Å². The molecule has 0 fully saturated rings. The van der Waals surface area contributed by atoms with Crippen molar-refractivity contribution in [3.05, 3.63) is 22.7 Å². The van der Waals surface area contributed by atoms with E-state index in [4.69, 9.17) is 22.1 Å². The number of halogens is 1. The molecule has 0 saturated carbocycles. The molecular weight excluding hydrogens is 252 g/mol. The molecule has 1 unspecified atom stereocenters. The van der Waals surface area contributed by atoms with Gasteiger partial charge in [-0.05, 0) is 31.5 Å². The number of hydrogen-bond acceptors (Lipinski definition) is 4. The number of nitrogen functional groups attached to an aromatic ring is 1. The van der Waals surface area contributed by atoms with Crippen LogP contribution in [0, 0.1) is 6.92 Å². The van der Waals surface area contributed by atoms with E-state index >= 15 is 0 Å². The van der Waals surface area contributed by atoms with Crippen LogP contribution in [-0.2, 0) is 4.74 Å². The first-order chi connectivity index (χ1) is 8.35. The van der Waals surface area contributed by atoms with Gasteiger partial charge in [-0.1, -0.05) is 11.6 Å². The molecule has 1 rings (SSSR count). The van der Waals surface area contributed by atoms with Crippen LogP contribution in [0.25, 0.3) is 0 Å². The van der Waals surface area contributed by atoms with Gasteiger partial charge in [0.05, 0.1) is 16.3 Å². The molecule has 0 aliphatic heterocycles. The Hall–Kier alpha value is -0.970. The quantitative estimate of drug-likeness (QED) is 0.696. The number of hydrogen-bond donors (Lipinski definition) is 3. The van der Waals surface area contributed by atoms with Crippen molar-refractivity contribution in [2.45, 2.75) is 25.9 Å². The van der Waals surface area contributed by atoms with E-state index in [-0.39, 0.29) is 0 Å². The average Bonchev–Trinajstić information content (AvgIpc) is 2.30. The molecule has 1 atom stereocenters. The number of aryl methyl sites for hydroxylation is 1. The first-order valence-corrected chi connectivity index (χ1v) is 6.24. The molecule has 0 spiro atoms. The van der Waals surface area contributed by atoms with Crippen LogP contribution < -0.4 is 11.1 Å². The van der Waals surface area contributed by atoms with E-state index in [1.165, 1.54) is 0 Å². The molecule has 0 aliphatic carbocycles. The fourth-order valence-corrected chi connectivity index (χ4v) is 1.75. The van der Waals surface area contributed by atoms with Crippen LogP contribution in [0.5, 0.6) is 0 Å². The van der Waals surface area contributed by atoms with Gasteiger partial charge in [-0.3, -0.25) is 0 Å². The fraction of sp³-hybridized carbons (Fsp3) is 0.538. The SMILES string of the molecule is COCCC(C)(O)CNc1cc(Cl)c(N)cc1C. The second-order valence-electron chi connectivity index (χ2n) is 4.78. The van der Waals surface area contributed by atoms with Gasteiger partial charge in [0, 0.05) is 32.4 Å². The summed E-state index contributed by atoms with van der Waals surface area (Å²) in [5, 5.41) is 13.8. The molecule has 4 N–H and O–H groups in total. The molecule has 0 aromatic heterocycles. The highest BCUT2D eigenvalue weighted by Gasteiger charge is 2.20. The molecule has 0 radical (unpaired) electrons. The Morgan fingerprint density at radius 1 is 1.50 bits per heavy atom. The van der Waals surface area contributed by atoms with E-state index in [1.54, 1.807) is 20.1 Å². The summed E-state index contributed by atoms with van der Waals surface area (Å²) in [6.45, 7) is 4.67. The minimum atomic E-state index is -0.823. The predicted octanol–water partition coefficient (Wildman–Crippen LogP) is 2.43. The summed E-state index contributed by atoms with van der Waals surface area (Å²) in [6.07, 6.45) is 0.568. The molecule has 0 bridgehead atoms. The number of benzene rings is 1. The summed E-state index contributed by atoms with van der Waals surface area (Å²) in [5.74, 6) is 0. The van der Waals surface area contributed by atoms with Crippen LogP contribution in [-0.4, -0.2) is 31.0 Å². The standard InChI is InChI=1S/C13H21ClN2O2/c1-9-6-11(15)10(14)7-12(9)16-8-13(2,17)4-5-18-3/h6-7,16-17H,4-5,8,15H2,1-3H3. The van der Waals surface area contributed by atoms with Gasteiger partial charge in [0.2, 0.25) is 0 Å². The zero-order valence-corrected chi connectivity index (χ0v) is 11.8. The van der Waals surface area contributed by atoms with Crippen molar-refractivity contribution in [2.24, 2.45) is 0 Å². The summed E-state index contributed by atoms with van der Waals surface area (Å²) in [4.78, 5) is 0. The summed E-state index contributed by atoms with van der Waals surface area (Å²) in [7, 11) is 1.62. The lowest BCUT2D eigenvalue weighted by atomic mass is 10.0. The second kappa shape index (κ2) is 6.27. The zero-order chi connectivity index (χ0) is 13.8. The van der Waals surface area contributed by atoms with E-state index < -0.39 is 5.60 Å². The number of nitrogens with two attached hydrogens (primary N) is 1. The molecule has 102 valence electrons. The normalized spacial score (nSPS) is 14.3. The molecule has 1 aromatic carbocycles. The van der Waals surface area contributed by atoms with Crippen LogP contribution in [0.1, 0.15) is 18.9 Å². The smallest absolute Gasteiger partial charge is 0.0813 e.